The molecule has 0 spiro atoms. The van der Waals surface area contributed by atoms with E-state index in [2.05, 4.69) is 20.6 Å². The van der Waals surface area contributed by atoms with Crippen LogP contribution in [0.5, 0.6) is 0 Å². The summed E-state index contributed by atoms with van der Waals surface area (Å²) in [6, 6.07) is 6.96. The van der Waals surface area contributed by atoms with E-state index in [4.69, 9.17) is 4.42 Å². The summed E-state index contributed by atoms with van der Waals surface area (Å²) in [6.07, 6.45) is 1.86. The lowest BCUT2D eigenvalue weighted by Crippen LogP contribution is -2.36. The van der Waals surface area contributed by atoms with E-state index in [0.717, 1.165) is 36.4 Å². The van der Waals surface area contributed by atoms with E-state index in [-0.39, 0.29) is 24.0 Å². The van der Waals surface area contributed by atoms with Gasteiger partial charge in [-0.05, 0) is 51.3 Å². The Morgan fingerprint density at radius 1 is 1.17 bits per heavy atom. The van der Waals surface area contributed by atoms with Crippen molar-refractivity contribution in [1.29, 1.82) is 0 Å². The molecular formula is C20H30IN5O3S. The number of hydrogen-bond donors (Lipinski definition) is 2. The second-order valence-electron chi connectivity index (χ2n) is 7.05. The van der Waals surface area contributed by atoms with Crippen LogP contribution in [0.1, 0.15) is 42.7 Å². The maximum atomic E-state index is 12.6. The number of aromatic nitrogens is 1. The van der Waals surface area contributed by atoms with Crippen LogP contribution in [0.4, 0.5) is 0 Å². The molecule has 0 bridgehead atoms. The van der Waals surface area contributed by atoms with E-state index >= 15 is 0 Å². The van der Waals surface area contributed by atoms with Crippen LogP contribution in [0.15, 0.2) is 38.6 Å². The fourth-order valence-electron chi connectivity index (χ4n) is 3.13. The van der Waals surface area contributed by atoms with E-state index in [1.165, 1.54) is 0 Å². The topological polar surface area (TPSA) is 99.8 Å². The third kappa shape index (κ3) is 6.17. The highest BCUT2D eigenvalue weighted by atomic mass is 127. The number of sulfonamides is 1. The van der Waals surface area contributed by atoms with E-state index in [0.29, 0.717) is 42.9 Å². The third-order valence-electron chi connectivity index (χ3n) is 4.87. The Kier molecular flexibility index (Phi) is 9.10. The Morgan fingerprint density at radius 2 is 1.83 bits per heavy atom. The average molecular weight is 547 g/mol. The first kappa shape index (κ1) is 24.6. The molecule has 166 valence electrons. The van der Waals surface area contributed by atoms with Gasteiger partial charge in [-0.2, -0.15) is 4.31 Å². The van der Waals surface area contributed by atoms with Gasteiger partial charge in [-0.15, -0.1) is 24.0 Å². The van der Waals surface area contributed by atoms with Gasteiger partial charge in [0.1, 0.15) is 5.76 Å². The molecule has 3 rings (SSSR count). The van der Waals surface area contributed by atoms with Gasteiger partial charge in [-0.3, -0.25) is 0 Å². The van der Waals surface area contributed by atoms with Crippen molar-refractivity contribution in [3.63, 3.8) is 0 Å². The summed E-state index contributed by atoms with van der Waals surface area (Å²) in [7, 11) is -3.38. The van der Waals surface area contributed by atoms with E-state index in [1.54, 1.807) is 16.4 Å². The number of guanidine groups is 1. The number of halogens is 1. The smallest absolute Gasteiger partial charge is 0.243 e. The van der Waals surface area contributed by atoms with Gasteiger partial charge in [0, 0.05) is 19.6 Å². The summed E-state index contributed by atoms with van der Waals surface area (Å²) in [5.41, 5.74) is 1.82. The second kappa shape index (κ2) is 11.1. The van der Waals surface area contributed by atoms with E-state index < -0.39 is 10.0 Å². The summed E-state index contributed by atoms with van der Waals surface area (Å²) in [5, 5.41) is 6.38. The van der Waals surface area contributed by atoms with Gasteiger partial charge in [0.2, 0.25) is 15.9 Å². The summed E-state index contributed by atoms with van der Waals surface area (Å²) in [6.45, 7) is 8.60. The minimum absolute atomic E-state index is 0. The first-order chi connectivity index (χ1) is 13.9. The molecular weight excluding hydrogens is 517 g/mol. The minimum Gasteiger partial charge on any atom is -0.444 e. The molecule has 0 saturated carbocycles. The van der Waals surface area contributed by atoms with Crippen LogP contribution in [0, 0.1) is 13.8 Å². The molecule has 0 unspecified atom stereocenters. The van der Waals surface area contributed by atoms with Crippen molar-refractivity contribution in [3.8, 4) is 0 Å². The molecule has 2 N–H and O–H groups in total. The van der Waals surface area contributed by atoms with Crippen molar-refractivity contribution in [2.24, 2.45) is 4.99 Å². The average Bonchev–Trinajstić information content (AvgIpc) is 3.35. The number of oxazole rings is 1. The molecule has 2 heterocycles. The molecule has 0 radical (unpaired) electrons. The normalized spacial score (nSPS) is 15.1. The quantitative estimate of drug-likeness (QED) is 0.314. The van der Waals surface area contributed by atoms with Crippen LogP contribution < -0.4 is 10.6 Å². The third-order valence-corrected chi connectivity index (χ3v) is 6.78. The number of nitrogens with zero attached hydrogens (tertiary/aromatic N) is 3. The zero-order valence-electron chi connectivity index (χ0n) is 17.6. The highest BCUT2D eigenvalue weighted by Crippen LogP contribution is 2.21. The lowest BCUT2D eigenvalue weighted by atomic mass is 10.2. The fraction of sp³-hybridized carbons (Fsp3) is 0.500. The van der Waals surface area contributed by atoms with Crippen LogP contribution in [0.3, 0.4) is 0 Å². The van der Waals surface area contributed by atoms with Crippen LogP contribution in [-0.2, 0) is 23.1 Å². The van der Waals surface area contributed by atoms with Crippen molar-refractivity contribution in [3.05, 3.63) is 47.2 Å². The number of aliphatic imine (C=N–C) groups is 1. The monoisotopic (exact) mass is 547 g/mol. The second-order valence-corrected chi connectivity index (χ2v) is 8.99. The maximum Gasteiger partial charge on any atom is 0.243 e. The van der Waals surface area contributed by atoms with Crippen molar-refractivity contribution in [2.45, 2.75) is 51.6 Å². The van der Waals surface area contributed by atoms with Crippen LogP contribution in [-0.4, -0.2) is 43.3 Å². The van der Waals surface area contributed by atoms with Gasteiger partial charge < -0.3 is 15.1 Å². The van der Waals surface area contributed by atoms with Gasteiger partial charge in [0.05, 0.1) is 23.7 Å². The van der Waals surface area contributed by atoms with Crippen LogP contribution >= 0.6 is 24.0 Å². The van der Waals surface area contributed by atoms with Gasteiger partial charge in [0.25, 0.3) is 0 Å². The molecule has 1 saturated heterocycles. The molecule has 0 aliphatic carbocycles. The fourth-order valence-corrected chi connectivity index (χ4v) is 4.65. The Balaban J connectivity index is 0.00000320. The molecule has 0 atom stereocenters. The number of aryl methyl sites for hydroxylation is 2. The molecule has 0 amide bonds. The number of rotatable bonds is 7. The maximum absolute atomic E-state index is 12.6. The van der Waals surface area contributed by atoms with Gasteiger partial charge in [-0.25, -0.2) is 18.4 Å². The molecule has 1 aromatic heterocycles. The summed E-state index contributed by atoms with van der Waals surface area (Å²) >= 11 is 0. The Hall–Kier alpha value is -1.66. The molecule has 30 heavy (non-hydrogen) atoms. The predicted molar refractivity (Wildman–Crippen MR) is 127 cm³/mol. The number of nitrogens with one attached hydrogen (secondary N) is 2. The number of hydrogen-bond acceptors (Lipinski definition) is 5. The molecule has 1 fully saturated rings. The van der Waals surface area contributed by atoms with Crippen molar-refractivity contribution < 1.29 is 12.8 Å². The lowest BCUT2D eigenvalue weighted by Gasteiger charge is -2.15. The van der Waals surface area contributed by atoms with Crippen molar-refractivity contribution in [1.82, 2.24) is 19.9 Å². The first-order valence-corrected chi connectivity index (χ1v) is 11.4. The summed E-state index contributed by atoms with van der Waals surface area (Å²) < 4.78 is 32.3. The van der Waals surface area contributed by atoms with Crippen LogP contribution in [0.2, 0.25) is 0 Å². The van der Waals surface area contributed by atoms with Gasteiger partial charge in [-0.1, -0.05) is 12.1 Å². The predicted octanol–water partition coefficient (Wildman–Crippen LogP) is 2.95. The van der Waals surface area contributed by atoms with Crippen molar-refractivity contribution >= 4 is 40.0 Å². The summed E-state index contributed by atoms with van der Waals surface area (Å²) in [4.78, 5) is 9.26. The van der Waals surface area contributed by atoms with Crippen molar-refractivity contribution in [2.75, 3.05) is 19.6 Å². The molecule has 8 nitrogen and oxygen atoms in total. The highest BCUT2D eigenvalue weighted by Gasteiger charge is 2.26. The molecule has 1 aliphatic rings. The molecule has 1 aliphatic heterocycles. The Morgan fingerprint density at radius 3 is 2.40 bits per heavy atom. The SMILES string of the molecule is CCNC(=NCc1ccc(S(=O)(=O)N2CCCC2)cc1)NCc1nc(C)c(C)o1.I. The van der Waals surface area contributed by atoms with E-state index in [9.17, 15) is 8.42 Å². The molecule has 2 aromatic rings. The molecule has 10 heteroatoms. The standard InChI is InChI=1S/C20H29N5O3S.HI/c1-4-21-20(23-14-19-24-15(2)16(3)28-19)22-13-17-7-9-18(10-8-17)29(26,27)25-11-5-6-12-25;/h7-10H,4-6,11-14H2,1-3H3,(H2,21,22,23);1H. The largest absolute Gasteiger partial charge is 0.444 e. The lowest BCUT2D eigenvalue weighted by molar-refractivity contribution is 0.463. The zero-order valence-corrected chi connectivity index (χ0v) is 20.8. The molecule has 1 aromatic carbocycles. The zero-order chi connectivity index (χ0) is 20.9. The minimum atomic E-state index is -3.38. The Bertz CT molecular complexity index is 932. The van der Waals surface area contributed by atoms with Gasteiger partial charge >= 0.3 is 0 Å². The number of benzene rings is 1. The summed E-state index contributed by atoms with van der Waals surface area (Å²) in [5.74, 6) is 2.07. The Labute approximate surface area is 195 Å². The van der Waals surface area contributed by atoms with Crippen LogP contribution in [0.25, 0.3) is 0 Å². The van der Waals surface area contributed by atoms with Gasteiger partial charge in [0.15, 0.2) is 5.96 Å². The first-order valence-electron chi connectivity index (χ1n) is 9.94. The highest BCUT2D eigenvalue weighted by molar-refractivity contribution is 14.0. The van der Waals surface area contributed by atoms with E-state index in [1.807, 2.05) is 32.9 Å².